The lowest BCUT2D eigenvalue weighted by molar-refractivity contribution is -0.133. The first-order valence-electron chi connectivity index (χ1n) is 11.9. The van der Waals surface area contributed by atoms with Crippen molar-refractivity contribution in [2.75, 3.05) is 6.54 Å². The maximum Gasteiger partial charge on any atom is 0.273 e. The highest BCUT2D eigenvalue weighted by Crippen LogP contribution is 2.20. The first-order chi connectivity index (χ1) is 16.7. The van der Waals surface area contributed by atoms with Gasteiger partial charge in [-0.25, -0.2) is 4.98 Å². The summed E-state index contributed by atoms with van der Waals surface area (Å²) < 4.78 is 5.60. The van der Waals surface area contributed by atoms with Crippen LogP contribution in [-0.4, -0.2) is 47.2 Å². The lowest BCUT2D eigenvalue weighted by Gasteiger charge is -2.27. The molecule has 35 heavy (non-hydrogen) atoms. The Morgan fingerprint density at radius 3 is 2.54 bits per heavy atom. The molecule has 2 aromatic rings. The third-order valence-electron chi connectivity index (χ3n) is 5.80. The van der Waals surface area contributed by atoms with E-state index in [1.54, 1.807) is 0 Å². The van der Waals surface area contributed by atoms with Crippen LogP contribution in [0.5, 0.6) is 0 Å². The molecule has 0 aliphatic carbocycles. The quantitative estimate of drug-likeness (QED) is 0.521. The Bertz CT molecular complexity index is 1040. The van der Waals surface area contributed by atoms with Crippen molar-refractivity contribution in [3.63, 3.8) is 0 Å². The van der Waals surface area contributed by atoms with Gasteiger partial charge in [0.05, 0.1) is 0 Å². The number of amides is 4. The van der Waals surface area contributed by atoms with Gasteiger partial charge in [-0.2, -0.15) is 0 Å². The largest absolute Gasteiger partial charge is 0.446 e. The molecule has 4 N–H and O–H groups in total. The lowest BCUT2D eigenvalue weighted by Crippen LogP contribution is -2.55. The molecule has 0 saturated carbocycles. The zero-order valence-corrected chi connectivity index (χ0v) is 20.3. The molecule has 0 fully saturated rings. The molecule has 3 rings (SSSR count). The average molecular weight is 484 g/mol. The zero-order valence-electron chi connectivity index (χ0n) is 20.3. The maximum atomic E-state index is 13.3. The van der Waals surface area contributed by atoms with E-state index in [2.05, 4.69) is 26.3 Å². The van der Waals surface area contributed by atoms with Gasteiger partial charge in [-0.1, -0.05) is 44.2 Å². The summed E-state index contributed by atoms with van der Waals surface area (Å²) in [7, 11) is 0. The Kier molecular flexibility index (Phi) is 8.99. The minimum Gasteiger partial charge on any atom is -0.446 e. The molecule has 0 saturated heterocycles. The van der Waals surface area contributed by atoms with Crippen LogP contribution in [0.1, 0.15) is 68.0 Å². The van der Waals surface area contributed by atoms with E-state index in [4.69, 9.17) is 4.42 Å². The number of oxazole rings is 1. The van der Waals surface area contributed by atoms with Crippen LogP contribution in [0.15, 0.2) is 41.0 Å². The van der Waals surface area contributed by atoms with E-state index in [0.717, 1.165) is 5.56 Å². The number of aromatic nitrogens is 1. The van der Waals surface area contributed by atoms with Gasteiger partial charge in [-0.3, -0.25) is 19.2 Å². The predicted octanol–water partition coefficient (Wildman–Crippen LogP) is 1.63. The summed E-state index contributed by atoms with van der Waals surface area (Å²) in [6, 6.07) is 7.22. The van der Waals surface area contributed by atoms with Crippen molar-refractivity contribution in [2.24, 2.45) is 5.92 Å². The number of nitrogens with one attached hydrogen (secondary N) is 4. The highest BCUT2D eigenvalue weighted by atomic mass is 16.3. The highest BCUT2D eigenvalue weighted by Gasteiger charge is 2.31. The SMILES string of the molecule is CC(=O)N[C@H]1CCCCNC(=O)c2coc(n2)[C@@H](Cc2ccccc2)NC(=O)[C@H](C(C)C)NC1=O. The van der Waals surface area contributed by atoms with Gasteiger partial charge in [0.2, 0.25) is 23.6 Å². The van der Waals surface area contributed by atoms with E-state index in [-0.39, 0.29) is 29.3 Å². The van der Waals surface area contributed by atoms with Gasteiger partial charge in [0.25, 0.3) is 5.91 Å². The van der Waals surface area contributed by atoms with Crippen LogP contribution in [0.3, 0.4) is 0 Å². The molecule has 188 valence electrons. The number of rotatable bonds is 4. The molecule has 0 spiro atoms. The van der Waals surface area contributed by atoms with E-state index in [1.165, 1.54) is 13.2 Å². The van der Waals surface area contributed by atoms with Crippen LogP contribution < -0.4 is 21.3 Å². The van der Waals surface area contributed by atoms with Crippen LogP contribution in [0.25, 0.3) is 0 Å². The molecule has 2 bridgehead atoms. The standard InChI is InChI=1S/C25H33N5O5/c1-15(2)21-24(34)28-19(13-17-9-5-4-6-10-17)25-29-20(14-35-25)22(32)26-12-8-7-11-18(23(33)30-21)27-16(3)31/h4-6,9-10,14-15,18-19,21H,7-8,11-13H2,1-3H3,(H,26,32)(H,27,31)(H,28,34)(H,30,33)/t18-,19+,21-/m0/s1. The number of carbonyl (C=O) groups is 4. The monoisotopic (exact) mass is 483 g/mol. The first-order valence-corrected chi connectivity index (χ1v) is 11.9. The molecule has 10 nitrogen and oxygen atoms in total. The molecule has 1 aromatic carbocycles. The second kappa shape index (κ2) is 12.1. The molecule has 4 amide bonds. The third kappa shape index (κ3) is 7.40. The van der Waals surface area contributed by atoms with Crippen LogP contribution in [-0.2, 0) is 20.8 Å². The third-order valence-corrected chi connectivity index (χ3v) is 5.80. The summed E-state index contributed by atoms with van der Waals surface area (Å²) in [6.45, 7) is 5.39. The molecular formula is C25H33N5O5. The smallest absolute Gasteiger partial charge is 0.273 e. The second-order valence-corrected chi connectivity index (χ2v) is 9.06. The molecule has 0 radical (unpaired) electrons. The van der Waals surface area contributed by atoms with Crippen molar-refractivity contribution in [1.82, 2.24) is 26.3 Å². The Balaban J connectivity index is 1.92. The molecule has 2 heterocycles. The van der Waals surface area contributed by atoms with Crippen molar-refractivity contribution < 1.29 is 23.6 Å². The topological polar surface area (TPSA) is 142 Å². The van der Waals surface area contributed by atoms with Crippen LogP contribution >= 0.6 is 0 Å². The Morgan fingerprint density at radius 1 is 1.11 bits per heavy atom. The lowest BCUT2D eigenvalue weighted by atomic mass is 10.00. The fourth-order valence-corrected chi connectivity index (χ4v) is 3.93. The summed E-state index contributed by atoms with van der Waals surface area (Å²) in [5.41, 5.74) is 1.07. The summed E-state index contributed by atoms with van der Waals surface area (Å²) >= 11 is 0. The minimum atomic E-state index is -0.845. The van der Waals surface area contributed by atoms with Crippen LogP contribution in [0.2, 0.25) is 0 Å². The number of benzene rings is 1. The van der Waals surface area contributed by atoms with E-state index >= 15 is 0 Å². The fraction of sp³-hybridized carbons (Fsp3) is 0.480. The second-order valence-electron chi connectivity index (χ2n) is 9.06. The van der Waals surface area contributed by atoms with Gasteiger partial charge in [0.1, 0.15) is 24.4 Å². The number of hydrogen-bond acceptors (Lipinski definition) is 6. The van der Waals surface area contributed by atoms with Gasteiger partial charge in [0, 0.05) is 19.9 Å². The average Bonchev–Trinajstić information content (AvgIpc) is 3.31. The van der Waals surface area contributed by atoms with Gasteiger partial charge < -0.3 is 25.7 Å². The van der Waals surface area contributed by atoms with Crippen molar-refractivity contribution in [2.45, 2.75) is 64.6 Å². The normalized spacial score (nSPS) is 22.2. The number of fused-ring (bicyclic) bond motifs is 2. The summed E-state index contributed by atoms with van der Waals surface area (Å²) in [6.07, 6.45) is 3.21. The molecule has 1 aromatic heterocycles. The van der Waals surface area contributed by atoms with E-state index in [9.17, 15) is 19.2 Å². The Hall–Kier alpha value is -3.69. The Labute approximate surface area is 204 Å². The van der Waals surface area contributed by atoms with Crippen LogP contribution in [0.4, 0.5) is 0 Å². The van der Waals surface area contributed by atoms with E-state index in [0.29, 0.717) is 32.2 Å². The van der Waals surface area contributed by atoms with Crippen molar-refractivity contribution in [3.8, 4) is 0 Å². The van der Waals surface area contributed by atoms with Crippen molar-refractivity contribution in [1.29, 1.82) is 0 Å². The minimum absolute atomic E-state index is 0.129. The van der Waals surface area contributed by atoms with E-state index < -0.39 is 29.9 Å². The first kappa shape index (κ1) is 25.9. The van der Waals surface area contributed by atoms with Gasteiger partial charge in [-0.05, 0) is 30.7 Å². The summed E-state index contributed by atoms with van der Waals surface area (Å²) in [5.74, 6) is -1.58. The Morgan fingerprint density at radius 2 is 1.86 bits per heavy atom. The summed E-state index contributed by atoms with van der Waals surface area (Å²) in [4.78, 5) is 54.9. The number of hydrogen-bond donors (Lipinski definition) is 4. The van der Waals surface area contributed by atoms with Crippen LogP contribution in [0, 0.1) is 5.92 Å². The highest BCUT2D eigenvalue weighted by molar-refractivity contribution is 5.92. The fourth-order valence-electron chi connectivity index (χ4n) is 3.93. The molecule has 3 atom stereocenters. The molecule has 1 aliphatic heterocycles. The van der Waals surface area contributed by atoms with E-state index in [1.807, 2.05) is 44.2 Å². The molecule has 1 aliphatic rings. The van der Waals surface area contributed by atoms with Crippen molar-refractivity contribution >= 4 is 23.6 Å². The summed E-state index contributed by atoms with van der Waals surface area (Å²) in [5, 5.41) is 11.2. The maximum absolute atomic E-state index is 13.3. The number of nitrogens with zero attached hydrogens (tertiary/aromatic N) is 1. The number of carbonyl (C=O) groups excluding carboxylic acids is 4. The van der Waals surface area contributed by atoms with Gasteiger partial charge in [0.15, 0.2) is 5.69 Å². The van der Waals surface area contributed by atoms with Gasteiger partial charge >= 0.3 is 0 Å². The molecule has 0 unspecified atom stereocenters. The molecular weight excluding hydrogens is 450 g/mol. The van der Waals surface area contributed by atoms with Gasteiger partial charge in [-0.15, -0.1) is 0 Å². The molecule has 10 heteroatoms. The van der Waals surface area contributed by atoms with Crippen molar-refractivity contribution in [3.05, 3.63) is 53.7 Å². The zero-order chi connectivity index (χ0) is 25.4. The predicted molar refractivity (Wildman–Crippen MR) is 128 cm³/mol.